The van der Waals surface area contributed by atoms with Crippen molar-refractivity contribution in [1.29, 1.82) is 0 Å². The van der Waals surface area contributed by atoms with Gasteiger partial charge in [0.05, 0.1) is 0 Å². The summed E-state index contributed by atoms with van der Waals surface area (Å²) in [5.41, 5.74) is 1.44. The summed E-state index contributed by atoms with van der Waals surface area (Å²) in [5, 5.41) is 3.28. The molecule has 3 rings (SSSR count). The first-order chi connectivity index (χ1) is 9.95. The first-order valence-electron chi connectivity index (χ1n) is 8.42. The number of nitrogens with one attached hydrogen (secondary N) is 1. The van der Waals surface area contributed by atoms with Crippen molar-refractivity contribution in [2.24, 2.45) is 0 Å². The average molecular weight is 276 g/mol. The van der Waals surface area contributed by atoms with E-state index in [9.17, 15) is 0 Å². The second-order valence-electron chi connectivity index (χ2n) is 5.28. The van der Waals surface area contributed by atoms with Crippen molar-refractivity contribution in [2.75, 3.05) is 26.2 Å². The van der Waals surface area contributed by atoms with Gasteiger partial charge in [-0.2, -0.15) is 0 Å². The van der Waals surface area contributed by atoms with Crippen molar-refractivity contribution in [3.63, 3.8) is 0 Å². The SMILES string of the molecule is C1CCNCC1.CC.c1ccc(CN2CCCC2)cc1. The molecule has 0 radical (unpaired) electrons. The second kappa shape index (κ2) is 11.9. The smallest absolute Gasteiger partial charge is 0.0233 e. The Hall–Kier alpha value is -0.860. The molecule has 2 saturated heterocycles. The lowest BCUT2D eigenvalue weighted by atomic mass is 10.2. The van der Waals surface area contributed by atoms with E-state index in [1.165, 1.54) is 63.8 Å². The summed E-state index contributed by atoms with van der Waals surface area (Å²) < 4.78 is 0. The Balaban J connectivity index is 0.000000211. The Morgan fingerprint density at radius 2 is 1.45 bits per heavy atom. The fraction of sp³-hybridized carbons (Fsp3) is 0.667. The van der Waals surface area contributed by atoms with Crippen LogP contribution in [0.3, 0.4) is 0 Å². The van der Waals surface area contributed by atoms with Crippen LogP contribution in [0.25, 0.3) is 0 Å². The molecule has 0 aromatic heterocycles. The predicted octanol–water partition coefficient (Wildman–Crippen LogP) is 4.07. The molecule has 0 amide bonds. The highest BCUT2D eigenvalue weighted by molar-refractivity contribution is 5.14. The normalized spacial score (nSPS) is 18.5. The number of hydrogen-bond acceptors (Lipinski definition) is 2. The van der Waals surface area contributed by atoms with Crippen LogP contribution in [0.4, 0.5) is 0 Å². The summed E-state index contributed by atoms with van der Waals surface area (Å²) in [5.74, 6) is 0. The quantitative estimate of drug-likeness (QED) is 0.876. The van der Waals surface area contributed by atoms with Crippen molar-refractivity contribution >= 4 is 0 Å². The zero-order chi connectivity index (χ0) is 14.5. The van der Waals surface area contributed by atoms with Crippen LogP contribution in [0.15, 0.2) is 30.3 Å². The predicted molar refractivity (Wildman–Crippen MR) is 89.0 cm³/mol. The summed E-state index contributed by atoms with van der Waals surface area (Å²) in [6.07, 6.45) is 6.98. The van der Waals surface area contributed by atoms with E-state index in [0.717, 1.165) is 6.54 Å². The third-order valence-electron chi connectivity index (χ3n) is 3.65. The minimum absolute atomic E-state index is 1.14. The van der Waals surface area contributed by atoms with Gasteiger partial charge in [-0.1, -0.05) is 50.6 Å². The highest BCUT2D eigenvalue weighted by Gasteiger charge is 2.10. The van der Waals surface area contributed by atoms with E-state index < -0.39 is 0 Å². The molecule has 0 unspecified atom stereocenters. The van der Waals surface area contributed by atoms with E-state index >= 15 is 0 Å². The van der Waals surface area contributed by atoms with Crippen molar-refractivity contribution in [3.8, 4) is 0 Å². The third-order valence-corrected chi connectivity index (χ3v) is 3.65. The molecular formula is C18H32N2. The van der Waals surface area contributed by atoms with Crippen LogP contribution in [-0.2, 0) is 6.54 Å². The van der Waals surface area contributed by atoms with Crippen LogP contribution in [0, 0.1) is 0 Å². The third kappa shape index (κ3) is 7.66. The van der Waals surface area contributed by atoms with Crippen LogP contribution in [0.5, 0.6) is 0 Å². The molecule has 2 aliphatic rings. The van der Waals surface area contributed by atoms with Gasteiger partial charge in [-0.05, 0) is 57.4 Å². The van der Waals surface area contributed by atoms with E-state index in [-0.39, 0.29) is 0 Å². The number of nitrogens with zero attached hydrogens (tertiary/aromatic N) is 1. The molecule has 0 spiro atoms. The maximum atomic E-state index is 3.28. The van der Waals surface area contributed by atoms with E-state index in [1.54, 1.807) is 0 Å². The summed E-state index contributed by atoms with van der Waals surface area (Å²) >= 11 is 0. The lowest BCUT2D eigenvalue weighted by molar-refractivity contribution is 0.331. The molecule has 1 N–H and O–H groups in total. The summed E-state index contributed by atoms with van der Waals surface area (Å²) in [6, 6.07) is 10.7. The molecule has 1 aromatic carbocycles. The highest BCUT2D eigenvalue weighted by Crippen LogP contribution is 2.11. The number of likely N-dealkylation sites (tertiary alicyclic amines) is 1. The molecule has 2 fully saturated rings. The fourth-order valence-electron chi connectivity index (χ4n) is 2.58. The summed E-state index contributed by atoms with van der Waals surface area (Å²) in [6.45, 7) is 10.2. The maximum absolute atomic E-state index is 3.28. The van der Waals surface area contributed by atoms with Crippen LogP contribution in [0.1, 0.15) is 51.5 Å². The lowest BCUT2D eigenvalue weighted by Gasteiger charge is -2.13. The number of piperidine rings is 1. The number of rotatable bonds is 2. The lowest BCUT2D eigenvalue weighted by Crippen LogP contribution is -2.21. The molecule has 0 saturated carbocycles. The number of benzene rings is 1. The zero-order valence-corrected chi connectivity index (χ0v) is 13.4. The van der Waals surface area contributed by atoms with Crippen LogP contribution >= 0.6 is 0 Å². The van der Waals surface area contributed by atoms with Gasteiger partial charge in [0.2, 0.25) is 0 Å². The topological polar surface area (TPSA) is 15.3 Å². The van der Waals surface area contributed by atoms with E-state index in [0.29, 0.717) is 0 Å². The van der Waals surface area contributed by atoms with Gasteiger partial charge >= 0.3 is 0 Å². The van der Waals surface area contributed by atoms with Crippen molar-refractivity contribution in [1.82, 2.24) is 10.2 Å². The van der Waals surface area contributed by atoms with E-state index in [1.807, 2.05) is 13.8 Å². The molecule has 2 heteroatoms. The largest absolute Gasteiger partial charge is 0.317 e. The van der Waals surface area contributed by atoms with Crippen LogP contribution in [-0.4, -0.2) is 31.1 Å². The molecule has 2 aliphatic heterocycles. The molecule has 114 valence electrons. The van der Waals surface area contributed by atoms with Crippen LogP contribution < -0.4 is 5.32 Å². The van der Waals surface area contributed by atoms with Gasteiger partial charge in [0.15, 0.2) is 0 Å². The van der Waals surface area contributed by atoms with Gasteiger partial charge in [-0.3, -0.25) is 4.90 Å². The molecule has 2 nitrogen and oxygen atoms in total. The Labute approximate surface area is 125 Å². The van der Waals surface area contributed by atoms with Gasteiger partial charge in [0, 0.05) is 6.54 Å². The van der Waals surface area contributed by atoms with Gasteiger partial charge < -0.3 is 5.32 Å². The minimum atomic E-state index is 1.14. The molecule has 2 heterocycles. The van der Waals surface area contributed by atoms with Crippen molar-refractivity contribution in [3.05, 3.63) is 35.9 Å². The van der Waals surface area contributed by atoms with Crippen molar-refractivity contribution < 1.29 is 0 Å². The fourth-order valence-corrected chi connectivity index (χ4v) is 2.58. The monoisotopic (exact) mass is 276 g/mol. The van der Waals surface area contributed by atoms with Crippen LogP contribution in [0.2, 0.25) is 0 Å². The molecule has 0 aliphatic carbocycles. The first kappa shape index (κ1) is 17.2. The van der Waals surface area contributed by atoms with Gasteiger partial charge in [0.25, 0.3) is 0 Å². The Morgan fingerprint density at radius 3 is 1.90 bits per heavy atom. The summed E-state index contributed by atoms with van der Waals surface area (Å²) in [4.78, 5) is 2.52. The molecular weight excluding hydrogens is 244 g/mol. The van der Waals surface area contributed by atoms with E-state index in [2.05, 4.69) is 40.5 Å². The highest BCUT2D eigenvalue weighted by atomic mass is 15.1. The minimum Gasteiger partial charge on any atom is -0.317 e. The molecule has 1 aromatic rings. The van der Waals surface area contributed by atoms with Crippen molar-refractivity contribution in [2.45, 2.75) is 52.5 Å². The molecule has 0 bridgehead atoms. The second-order valence-corrected chi connectivity index (χ2v) is 5.28. The molecule has 0 atom stereocenters. The number of hydrogen-bond donors (Lipinski definition) is 1. The first-order valence-corrected chi connectivity index (χ1v) is 8.42. The van der Waals surface area contributed by atoms with Gasteiger partial charge in [0.1, 0.15) is 0 Å². The maximum Gasteiger partial charge on any atom is 0.0233 e. The van der Waals surface area contributed by atoms with E-state index in [4.69, 9.17) is 0 Å². The average Bonchev–Trinajstić information content (AvgIpc) is 3.06. The zero-order valence-electron chi connectivity index (χ0n) is 13.4. The standard InChI is InChI=1S/C11H15N.C5H11N.C2H6/c1-2-6-11(7-3-1)10-12-8-4-5-9-12;1-2-4-6-5-3-1;1-2/h1-3,6-7H,4-5,8-10H2;6H,1-5H2;1-2H3. The Bertz CT molecular complexity index is 289. The summed E-state index contributed by atoms with van der Waals surface area (Å²) in [7, 11) is 0. The molecule has 20 heavy (non-hydrogen) atoms. The van der Waals surface area contributed by atoms with Gasteiger partial charge in [-0.25, -0.2) is 0 Å². The Kier molecular flexibility index (Phi) is 10.3. The Morgan fingerprint density at radius 1 is 0.850 bits per heavy atom. The van der Waals surface area contributed by atoms with Gasteiger partial charge in [-0.15, -0.1) is 0 Å².